The van der Waals surface area contributed by atoms with Gasteiger partial charge in [0.25, 0.3) is 0 Å². The van der Waals surface area contributed by atoms with E-state index < -0.39 is 11.9 Å². The molecule has 4 nitrogen and oxygen atoms in total. The number of benzene rings is 1. The first-order valence-electron chi connectivity index (χ1n) is 7.93. The highest BCUT2D eigenvalue weighted by Crippen LogP contribution is 2.26. The van der Waals surface area contributed by atoms with Crippen molar-refractivity contribution in [1.29, 1.82) is 0 Å². The molecule has 0 fully saturated rings. The minimum atomic E-state index is -1.06. The van der Waals surface area contributed by atoms with Crippen LogP contribution in [0.2, 0.25) is 0 Å². The molecule has 0 aliphatic carbocycles. The molecule has 0 saturated carbocycles. The predicted molar refractivity (Wildman–Crippen MR) is 86.7 cm³/mol. The molecule has 0 heterocycles. The Morgan fingerprint density at radius 3 is 1.95 bits per heavy atom. The number of carboxylic acids is 2. The summed E-state index contributed by atoms with van der Waals surface area (Å²) >= 11 is 0. The van der Waals surface area contributed by atoms with Gasteiger partial charge in [-0.15, -0.1) is 0 Å². The molecule has 0 spiro atoms. The number of hydrogen-bond acceptors (Lipinski definition) is 2. The Balaban J connectivity index is 3.46. The summed E-state index contributed by atoms with van der Waals surface area (Å²) in [4.78, 5) is 23.2. The number of aromatic carboxylic acids is 2. The zero-order chi connectivity index (χ0) is 16.9. The Hall–Kier alpha value is -1.84. The highest BCUT2D eigenvalue weighted by Gasteiger charge is 2.23. The van der Waals surface area contributed by atoms with Crippen LogP contribution in [0.15, 0.2) is 12.1 Å². The third-order valence-electron chi connectivity index (χ3n) is 4.36. The van der Waals surface area contributed by atoms with Crippen LogP contribution in [0.4, 0.5) is 0 Å². The first kappa shape index (κ1) is 18.2. The topological polar surface area (TPSA) is 74.6 Å². The third-order valence-corrected chi connectivity index (χ3v) is 4.36. The molecule has 0 aromatic heterocycles. The van der Waals surface area contributed by atoms with Gasteiger partial charge in [0.15, 0.2) is 0 Å². The first-order chi connectivity index (χ1) is 10.3. The van der Waals surface area contributed by atoms with Crippen molar-refractivity contribution in [2.75, 3.05) is 0 Å². The molecule has 2 unspecified atom stereocenters. The van der Waals surface area contributed by atoms with Gasteiger partial charge in [-0.1, -0.05) is 46.6 Å². The van der Waals surface area contributed by atoms with E-state index in [0.29, 0.717) is 24.3 Å². The predicted octanol–water partition coefficient (Wildman–Crippen LogP) is 4.26. The van der Waals surface area contributed by atoms with Crippen molar-refractivity contribution in [3.63, 3.8) is 0 Å². The van der Waals surface area contributed by atoms with Crippen LogP contribution in [0.3, 0.4) is 0 Å². The van der Waals surface area contributed by atoms with Gasteiger partial charge < -0.3 is 10.2 Å². The zero-order valence-electron chi connectivity index (χ0n) is 13.8. The molecule has 2 N–H and O–H groups in total. The summed E-state index contributed by atoms with van der Waals surface area (Å²) < 4.78 is 0. The van der Waals surface area contributed by atoms with Crippen LogP contribution >= 0.6 is 0 Å². The summed E-state index contributed by atoms with van der Waals surface area (Å²) in [5.74, 6) is -1.48. The molecule has 0 aliphatic heterocycles. The summed E-state index contributed by atoms with van der Waals surface area (Å²) in [5.41, 5.74) is 1.52. The van der Waals surface area contributed by atoms with E-state index in [1.807, 2.05) is 13.8 Å². The van der Waals surface area contributed by atoms with Crippen LogP contribution in [-0.4, -0.2) is 22.2 Å². The van der Waals surface area contributed by atoms with Crippen molar-refractivity contribution in [2.45, 2.75) is 53.4 Å². The van der Waals surface area contributed by atoms with Gasteiger partial charge in [0.1, 0.15) is 0 Å². The molecular formula is C18H26O4. The summed E-state index contributed by atoms with van der Waals surface area (Å²) in [6.07, 6.45) is 2.98. The second kappa shape index (κ2) is 7.97. The van der Waals surface area contributed by atoms with Crippen LogP contribution < -0.4 is 0 Å². The minimum absolute atomic E-state index is 0.116. The SMILES string of the molecule is CCC(C)Cc1ccc(C(=O)O)c(CC(C)CC)c1C(=O)O. The molecule has 0 bridgehead atoms. The Kier molecular flexibility index (Phi) is 6.60. The summed E-state index contributed by atoms with van der Waals surface area (Å²) in [7, 11) is 0. The second-order valence-corrected chi connectivity index (χ2v) is 6.17. The molecule has 4 heteroatoms. The highest BCUT2D eigenvalue weighted by atomic mass is 16.4. The van der Waals surface area contributed by atoms with Gasteiger partial charge in [-0.2, -0.15) is 0 Å². The summed E-state index contributed by atoms with van der Waals surface area (Å²) in [5, 5.41) is 19.0. The summed E-state index contributed by atoms with van der Waals surface area (Å²) in [6, 6.07) is 3.23. The maximum Gasteiger partial charge on any atom is 0.336 e. The van der Waals surface area contributed by atoms with Crippen LogP contribution in [0.5, 0.6) is 0 Å². The normalized spacial score (nSPS) is 13.6. The molecule has 22 heavy (non-hydrogen) atoms. The average Bonchev–Trinajstić information content (AvgIpc) is 2.46. The molecule has 2 atom stereocenters. The fourth-order valence-electron chi connectivity index (χ4n) is 2.56. The Labute approximate surface area is 132 Å². The van der Waals surface area contributed by atoms with Crippen molar-refractivity contribution in [3.8, 4) is 0 Å². The minimum Gasteiger partial charge on any atom is -0.478 e. The van der Waals surface area contributed by atoms with Crippen molar-refractivity contribution in [3.05, 3.63) is 34.4 Å². The van der Waals surface area contributed by atoms with Crippen LogP contribution in [0.25, 0.3) is 0 Å². The van der Waals surface area contributed by atoms with Gasteiger partial charge >= 0.3 is 11.9 Å². The fraction of sp³-hybridized carbons (Fsp3) is 0.556. The lowest BCUT2D eigenvalue weighted by molar-refractivity contribution is 0.0694. The molecule has 1 aromatic rings. The van der Waals surface area contributed by atoms with E-state index in [-0.39, 0.29) is 17.0 Å². The second-order valence-electron chi connectivity index (χ2n) is 6.17. The van der Waals surface area contributed by atoms with Crippen molar-refractivity contribution in [2.24, 2.45) is 11.8 Å². The van der Waals surface area contributed by atoms with E-state index in [1.165, 1.54) is 0 Å². The molecule has 1 aromatic carbocycles. The lowest BCUT2D eigenvalue weighted by atomic mass is 9.86. The number of hydrogen-bond donors (Lipinski definition) is 2. The first-order valence-corrected chi connectivity index (χ1v) is 7.93. The monoisotopic (exact) mass is 306 g/mol. The Bertz CT molecular complexity index is 548. The molecule has 0 aliphatic rings. The van der Waals surface area contributed by atoms with Crippen LogP contribution in [0, 0.1) is 11.8 Å². The van der Waals surface area contributed by atoms with E-state index in [4.69, 9.17) is 0 Å². The van der Waals surface area contributed by atoms with E-state index in [0.717, 1.165) is 18.4 Å². The molecule has 122 valence electrons. The van der Waals surface area contributed by atoms with E-state index in [9.17, 15) is 19.8 Å². The highest BCUT2D eigenvalue weighted by molar-refractivity contribution is 5.97. The smallest absolute Gasteiger partial charge is 0.336 e. The fourth-order valence-corrected chi connectivity index (χ4v) is 2.56. The number of rotatable bonds is 8. The quantitative estimate of drug-likeness (QED) is 0.752. The summed E-state index contributed by atoms with van der Waals surface area (Å²) in [6.45, 7) is 8.18. The lowest BCUT2D eigenvalue weighted by Crippen LogP contribution is -2.16. The van der Waals surface area contributed by atoms with E-state index >= 15 is 0 Å². The van der Waals surface area contributed by atoms with Gasteiger partial charge in [0.05, 0.1) is 11.1 Å². The van der Waals surface area contributed by atoms with Crippen LogP contribution in [0.1, 0.15) is 72.4 Å². The molecule has 0 saturated heterocycles. The van der Waals surface area contributed by atoms with Gasteiger partial charge in [0.2, 0.25) is 0 Å². The van der Waals surface area contributed by atoms with Gasteiger partial charge in [-0.05, 0) is 41.9 Å². The zero-order valence-corrected chi connectivity index (χ0v) is 13.8. The number of carbonyl (C=O) groups is 2. The standard InChI is InChI=1S/C18H26O4/c1-5-11(3)9-13-7-8-14(17(19)20)15(10-12(4)6-2)16(13)18(21)22/h7-8,11-12H,5-6,9-10H2,1-4H3,(H,19,20)(H,21,22). The molecule has 0 amide bonds. The average molecular weight is 306 g/mol. The number of carboxylic acid groups (broad SMARTS) is 2. The Morgan fingerprint density at radius 1 is 0.955 bits per heavy atom. The maximum absolute atomic E-state index is 11.8. The Morgan fingerprint density at radius 2 is 1.50 bits per heavy atom. The molecule has 0 radical (unpaired) electrons. The van der Waals surface area contributed by atoms with Crippen LogP contribution in [-0.2, 0) is 12.8 Å². The van der Waals surface area contributed by atoms with E-state index in [1.54, 1.807) is 12.1 Å². The van der Waals surface area contributed by atoms with Gasteiger partial charge in [-0.25, -0.2) is 9.59 Å². The van der Waals surface area contributed by atoms with Gasteiger partial charge in [-0.3, -0.25) is 0 Å². The van der Waals surface area contributed by atoms with E-state index in [2.05, 4.69) is 13.8 Å². The third kappa shape index (κ3) is 4.33. The molecule has 1 rings (SSSR count). The molecular weight excluding hydrogens is 280 g/mol. The largest absolute Gasteiger partial charge is 0.478 e. The van der Waals surface area contributed by atoms with Gasteiger partial charge in [0, 0.05) is 0 Å². The van der Waals surface area contributed by atoms with Crippen molar-refractivity contribution in [1.82, 2.24) is 0 Å². The maximum atomic E-state index is 11.8. The lowest BCUT2D eigenvalue weighted by Gasteiger charge is -2.18. The van der Waals surface area contributed by atoms with Crippen molar-refractivity contribution >= 4 is 11.9 Å². The van der Waals surface area contributed by atoms with Crippen molar-refractivity contribution < 1.29 is 19.8 Å².